The lowest BCUT2D eigenvalue weighted by Gasteiger charge is -2.29. The second-order valence-electron chi connectivity index (χ2n) is 15.0. The average Bonchev–Trinajstić information content (AvgIpc) is 3.67. The van der Waals surface area contributed by atoms with Gasteiger partial charge in [0.1, 0.15) is 34.6 Å². The minimum atomic E-state index is -1.06. The van der Waals surface area contributed by atoms with Crippen LogP contribution in [0.25, 0.3) is 0 Å². The fraction of sp³-hybridized carbons (Fsp3) is 0.615. The van der Waals surface area contributed by atoms with E-state index in [4.69, 9.17) is 17.2 Å². The molecule has 1 heterocycles. The number of nitrogens with one attached hydrogen (secondary N) is 5. The van der Waals surface area contributed by atoms with Crippen molar-refractivity contribution in [2.24, 2.45) is 34.0 Å². The van der Waals surface area contributed by atoms with Gasteiger partial charge in [-0.15, -0.1) is 11.3 Å². The molecule has 0 bridgehead atoms. The number of hydrogen-bond acceptors (Lipinski definition) is 9. The molecule has 4 atom stereocenters. The average molecular weight is 799 g/mol. The lowest BCUT2D eigenvalue weighted by molar-refractivity contribution is -0.132. The highest BCUT2D eigenvalue weighted by atomic mass is 32.1. The second kappa shape index (κ2) is 22.8. The van der Waals surface area contributed by atoms with E-state index < -0.39 is 47.8 Å². The summed E-state index contributed by atoms with van der Waals surface area (Å²) >= 11 is 1.19. The van der Waals surface area contributed by atoms with Crippen LogP contribution in [0.1, 0.15) is 117 Å². The molecule has 2 aromatic rings. The number of halogens is 1. The highest BCUT2D eigenvalue weighted by Gasteiger charge is 2.33. The van der Waals surface area contributed by atoms with Crippen molar-refractivity contribution >= 4 is 46.8 Å². The highest BCUT2D eigenvalue weighted by molar-refractivity contribution is 7.09. The lowest BCUT2D eigenvalue weighted by atomic mass is 9.84. The summed E-state index contributed by atoms with van der Waals surface area (Å²) in [4.78, 5) is 75.4. The Balaban J connectivity index is 1.52. The first-order chi connectivity index (χ1) is 26.9. The molecule has 1 aromatic carbocycles. The number of carbonyl (C=O) groups excluding carboxylic acids is 5. The Kier molecular flexibility index (Phi) is 17.9. The topological polar surface area (TPSA) is 249 Å². The van der Waals surface area contributed by atoms with Crippen molar-refractivity contribution in [3.8, 4) is 0 Å². The van der Waals surface area contributed by atoms with Crippen LogP contribution in [0.3, 0.4) is 0 Å². The molecule has 2 fully saturated rings. The molecular formula is C39H59FN10O5S. The number of thiazole rings is 1. The normalized spacial score (nSPS) is 17.1. The summed E-state index contributed by atoms with van der Waals surface area (Å²) in [6.45, 7) is 0.281. The monoisotopic (exact) mass is 798 g/mol. The van der Waals surface area contributed by atoms with E-state index >= 15 is 0 Å². The van der Waals surface area contributed by atoms with Crippen LogP contribution in [-0.4, -0.2) is 78.7 Å². The zero-order valence-electron chi connectivity index (χ0n) is 32.3. The van der Waals surface area contributed by atoms with Crippen molar-refractivity contribution in [1.29, 1.82) is 0 Å². The lowest BCUT2D eigenvalue weighted by Crippen LogP contribution is -2.57. The molecule has 11 N–H and O–H groups in total. The summed E-state index contributed by atoms with van der Waals surface area (Å²) in [6, 6.07) is 2.38. The standard InChI is InChI=1S/C39H59FN10O5S/c1-44-22-33(51)46-31(21-26-14-16-27(40)17-15-26)38-50-32(23-56-38)37(55)49-30(20-25-11-6-3-7-12-25)36(54)47-28(13-8-18-45-39(42)43)35(53)48-29(34(41)52)19-24-9-4-2-5-10-24/h14-17,23-25,28-31,44H,2-13,18-22H2,1H3,(H2,41,52)(H,46,51)(H,47,54)(H,48,53)(H,49,55)(H4,42,43,45)/t28-,29-,30-,31-/m0/s1. The molecule has 1 aromatic heterocycles. The molecule has 2 saturated carbocycles. The smallest absolute Gasteiger partial charge is 0.271 e. The summed E-state index contributed by atoms with van der Waals surface area (Å²) in [6.07, 6.45) is 11.7. The van der Waals surface area contributed by atoms with Crippen LogP contribution < -0.4 is 43.8 Å². The third-order valence-electron chi connectivity index (χ3n) is 10.5. The second-order valence-corrected chi connectivity index (χ2v) is 15.9. The van der Waals surface area contributed by atoms with E-state index in [2.05, 4.69) is 36.6 Å². The number of hydrogen-bond donors (Lipinski definition) is 8. The molecule has 17 heteroatoms. The number of benzene rings is 1. The van der Waals surface area contributed by atoms with Crippen molar-refractivity contribution < 1.29 is 28.4 Å². The Bertz CT molecular complexity index is 1620. The van der Waals surface area contributed by atoms with Crippen LogP contribution in [0.15, 0.2) is 34.6 Å². The van der Waals surface area contributed by atoms with Gasteiger partial charge in [0.2, 0.25) is 23.6 Å². The molecule has 56 heavy (non-hydrogen) atoms. The maximum absolute atomic E-state index is 14.1. The van der Waals surface area contributed by atoms with Crippen molar-refractivity contribution in [1.82, 2.24) is 31.6 Å². The molecule has 0 radical (unpaired) electrons. The SMILES string of the molecule is CNCC(=O)N[C@@H](Cc1ccc(F)cc1)c1nc(C(=O)N[C@@H](CC2CCCCC2)C(=O)N[C@@H](CCCN=C(N)N)C(=O)N[C@@H](CC2CCCCC2)C(N)=O)cs1. The maximum atomic E-state index is 14.1. The maximum Gasteiger partial charge on any atom is 0.271 e. The first-order valence-electron chi connectivity index (χ1n) is 19.8. The Morgan fingerprint density at radius 2 is 1.41 bits per heavy atom. The summed E-state index contributed by atoms with van der Waals surface area (Å²) in [5, 5.41) is 16.3. The Morgan fingerprint density at radius 3 is 2.00 bits per heavy atom. The van der Waals surface area contributed by atoms with Gasteiger partial charge in [-0.1, -0.05) is 76.3 Å². The van der Waals surface area contributed by atoms with Gasteiger partial charge in [-0.3, -0.25) is 29.0 Å². The van der Waals surface area contributed by atoms with Crippen LogP contribution in [-0.2, 0) is 25.6 Å². The van der Waals surface area contributed by atoms with Crippen molar-refractivity contribution in [2.75, 3.05) is 20.1 Å². The molecule has 308 valence electrons. The molecular weight excluding hydrogens is 740 g/mol. The number of aromatic nitrogens is 1. The number of rotatable bonds is 21. The Labute approximate surface area is 332 Å². The number of amides is 5. The predicted molar refractivity (Wildman–Crippen MR) is 214 cm³/mol. The molecule has 0 spiro atoms. The van der Waals surface area contributed by atoms with E-state index in [1.54, 1.807) is 24.6 Å². The fourth-order valence-corrected chi connectivity index (χ4v) is 8.40. The molecule has 4 rings (SSSR count). The van der Waals surface area contributed by atoms with Gasteiger partial charge in [-0.05, 0) is 68.7 Å². The van der Waals surface area contributed by atoms with Gasteiger partial charge in [-0.2, -0.15) is 0 Å². The van der Waals surface area contributed by atoms with Gasteiger partial charge >= 0.3 is 0 Å². The van der Waals surface area contributed by atoms with Gasteiger partial charge in [0.05, 0.1) is 12.6 Å². The molecule has 15 nitrogen and oxygen atoms in total. The highest BCUT2D eigenvalue weighted by Crippen LogP contribution is 2.29. The Hall–Kier alpha value is -4.64. The summed E-state index contributed by atoms with van der Waals surface area (Å²) in [5.74, 6) is -2.64. The van der Waals surface area contributed by atoms with Gasteiger partial charge in [0.25, 0.3) is 5.91 Å². The van der Waals surface area contributed by atoms with E-state index in [0.717, 1.165) is 69.8 Å². The summed E-state index contributed by atoms with van der Waals surface area (Å²) < 4.78 is 13.6. The molecule has 2 aliphatic rings. The van der Waals surface area contributed by atoms with Gasteiger partial charge in [0, 0.05) is 11.9 Å². The largest absolute Gasteiger partial charge is 0.370 e. The van der Waals surface area contributed by atoms with Crippen molar-refractivity contribution in [2.45, 2.75) is 120 Å². The summed E-state index contributed by atoms with van der Waals surface area (Å²) in [7, 11) is 1.65. The minimum absolute atomic E-state index is 0.0631. The van der Waals surface area contributed by atoms with E-state index in [9.17, 15) is 28.4 Å². The van der Waals surface area contributed by atoms with Crippen LogP contribution in [0.4, 0.5) is 4.39 Å². The van der Waals surface area contributed by atoms with Crippen LogP contribution >= 0.6 is 11.3 Å². The van der Waals surface area contributed by atoms with Crippen LogP contribution in [0.2, 0.25) is 0 Å². The number of primary amides is 1. The minimum Gasteiger partial charge on any atom is -0.370 e. The fourth-order valence-electron chi connectivity index (χ4n) is 7.55. The van der Waals surface area contributed by atoms with Crippen LogP contribution in [0, 0.1) is 17.7 Å². The quantitative estimate of drug-likeness (QED) is 0.0524. The van der Waals surface area contributed by atoms with Crippen molar-refractivity contribution in [3.05, 3.63) is 51.7 Å². The van der Waals surface area contributed by atoms with Gasteiger partial charge < -0.3 is 43.8 Å². The Morgan fingerprint density at radius 1 is 0.821 bits per heavy atom. The van der Waals surface area contributed by atoms with Gasteiger partial charge in [0.15, 0.2) is 5.96 Å². The zero-order chi connectivity index (χ0) is 40.5. The molecule has 2 aliphatic carbocycles. The number of carbonyl (C=O) groups is 5. The molecule has 0 saturated heterocycles. The van der Waals surface area contributed by atoms with E-state index in [1.807, 2.05) is 0 Å². The third kappa shape index (κ3) is 14.8. The molecule has 0 aliphatic heterocycles. The number of nitrogens with two attached hydrogens (primary N) is 3. The number of likely N-dealkylation sites (N-methyl/N-ethyl adjacent to an activating group) is 1. The van der Waals surface area contributed by atoms with E-state index in [-0.39, 0.29) is 54.7 Å². The first kappa shape index (κ1) is 44.1. The van der Waals surface area contributed by atoms with E-state index in [1.165, 1.54) is 23.5 Å². The predicted octanol–water partition coefficient (Wildman–Crippen LogP) is 2.45. The first-order valence-corrected chi connectivity index (χ1v) is 20.7. The van der Waals surface area contributed by atoms with E-state index in [0.29, 0.717) is 30.7 Å². The third-order valence-corrected chi connectivity index (χ3v) is 11.5. The van der Waals surface area contributed by atoms with Gasteiger partial charge in [-0.25, -0.2) is 9.37 Å². The zero-order valence-corrected chi connectivity index (χ0v) is 33.1. The number of guanidine groups is 1. The molecule has 0 unspecified atom stereocenters. The van der Waals surface area contributed by atoms with Crippen molar-refractivity contribution in [3.63, 3.8) is 0 Å². The number of nitrogens with zero attached hydrogens (tertiary/aromatic N) is 2. The number of aliphatic imine (C=N–C) groups is 1. The molecule has 5 amide bonds. The summed E-state index contributed by atoms with van der Waals surface area (Å²) in [5.41, 5.74) is 17.6. The van der Waals surface area contributed by atoms with Crippen LogP contribution in [0.5, 0.6) is 0 Å².